The standard InChI is InChI=1S/C25H34N4O2/c1-17-11-14-25(31,15-12-17)18-7-9-20(10-8-18)29-23(26)22-21(13-16-27-24(22)30)28-19-5-3-2-4-6-19/h7-10,13,16-17,19,31H,2-6,11-12,14-15H2,1H3,(H2,26,29)(H2,27,28,30). The van der Waals surface area contributed by atoms with Crippen molar-refractivity contribution in [3.63, 3.8) is 0 Å². The van der Waals surface area contributed by atoms with Crippen molar-refractivity contribution in [1.29, 1.82) is 0 Å². The smallest absolute Gasteiger partial charge is 0.261 e. The van der Waals surface area contributed by atoms with Crippen molar-refractivity contribution in [3.05, 3.63) is 58.0 Å². The number of anilines is 1. The van der Waals surface area contributed by atoms with E-state index < -0.39 is 5.60 Å². The lowest BCUT2D eigenvalue weighted by Crippen LogP contribution is -2.30. The van der Waals surface area contributed by atoms with Gasteiger partial charge in [-0.3, -0.25) is 4.79 Å². The highest BCUT2D eigenvalue weighted by Gasteiger charge is 2.33. The summed E-state index contributed by atoms with van der Waals surface area (Å²) in [6.45, 7) is 2.24. The Balaban J connectivity index is 1.55. The number of amidine groups is 1. The van der Waals surface area contributed by atoms with Crippen LogP contribution >= 0.6 is 0 Å². The summed E-state index contributed by atoms with van der Waals surface area (Å²) in [7, 11) is 0. The van der Waals surface area contributed by atoms with Crippen LogP contribution in [0.5, 0.6) is 0 Å². The fourth-order valence-corrected chi connectivity index (χ4v) is 4.89. The molecule has 0 aliphatic heterocycles. The zero-order valence-corrected chi connectivity index (χ0v) is 18.4. The lowest BCUT2D eigenvalue weighted by atomic mass is 9.76. The van der Waals surface area contributed by atoms with E-state index in [-0.39, 0.29) is 11.4 Å². The summed E-state index contributed by atoms with van der Waals surface area (Å²) in [4.78, 5) is 19.8. The topological polar surface area (TPSA) is 104 Å². The van der Waals surface area contributed by atoms with Crippen molar-refractivity contribution in [2.45, 2.75) is 76.4 Å². The van der Waals surface area contributed by atoms with Gasteiger partial charge >= 0.3 is 0 Å². The molecule has 6 heteroatoms. The molecule has 2 fully saturated rings. The summed E-state index contributed by atoms with van der Waals surface area (Å²) in [6.07, 6.45) is 11.2. The lowest BCUT2D eigenvalue weighted by molar-refractivity contribution is -0.0120. The Labute approximate surface area is 184 Å². The molecule has 0 radical (unpaired) electrons. The predicted octanol–water partition coefficient (Wildman–Crippen LogP) is 4.55. The zero-order chi connectivity index (χ0) is 21.8. The Hall–Kier alpha value is -2.60. The quantitative estimate of drug-likeness (QED) is 0.419. The van der Waals surface area contributed by atoms with Gasteiger partial charge < -0.3 is 21.1 Å². The van der Waals surface area contributed by atoms with Gasteiger partial charge in [-0.2, -0.15) is 0 Å². The van der Waals surface area contributed by atoms with Gasteiger partial charge in [0, 0.05) is 12.2 Å². The molecule has 2 saturated carbocycles. The summed E-state index contributed by atoms with van der Waals surface area (Å²) in [5, 5.41) is 14.5. The molecule has 0 saturated heterocycles. The minimum atomic E-state index is -0.756. The molecule has 1 aromatic heterocycles. The molecule has 6 nitrogen and oxygen atoms in total. The first kappa shape index (κ1) is 21.6. The third-order valence-electron chi connectivity index (χ3n) is 6.94. The SMILES string of the molecule is CC1CCC(O)(c2ccc(N=C(N)c3c(NC4CCCCC4)cc[nH]c3=O)cc2)CC1. The van der Waals surface area contributed by atoms with Gasteiger partial charge in [0.05, 0.1) is 17.0 Å². The summed E-state index contributed by atoms with van der Waals surface area (Å²) >= 11 is 0. The van der Waals surface area contributed by atoms with Crippen LogP contribution in [0.2, 0.25) is 0 Å². The molecule has 166 valence electrons. The number of hydrogen-bond donors (Lipinski definition) is 4. The van der Waals surface area contributed by atoms with Crippen molar-refractivity contribution in [3.8, 4) is 0 Å². The molecule has 0 bridgehead atoms. The maximum Gasteiger partial charge on any atom is 0.261 e. The molecule has 2 aliphatic rings. The number of aromatic nitrogens is 1. The molecule has 0 spiro atoms. The van der Waals surface area contributed by atoms with Crippen molar-refractivity contribution < 1.29 is 5.11 Å². The largest absolute Gasteiger partial charge is 0.385 e. The molecule has 1 heterocycles. The van der Waals surface area contributed by atoms with Crippen LogP contribution in [-0.4, -0.2) is 22.0 Å². The lowest BCUT2D eigenvalue weighted by Gasteiger charge is -2.35. The fraction of sp³-hybridized carbons (Fsp3) is 0.520. The van der Waals surface area contributed by atoms with Gasteiger partial charge in [0.1, 0.15) is 11.4 Å². The van der Waals surface area contributed by atoms with Crippen LogP contribution < -0.4 is 16.6 Å². The molecule has 1 aromatic carbocycles. The molecule has 0 unspecified atom stereocenters. The normalized spacial score (nSPS) is 25.4. The molecule has 2 aromatic rings. The third kappa shape index (κ3) is 5.01. The third-order valence-corrected chi connectivity index (χ3v) is 6.94. The first-order valence-electron chi connectivity index (χ1n) is 11.6. The zero-order valence-electron chi connectivity index (χ0n) is 18.4. The van der Waals surface area contributed by atoms with Gasteiger partial charge in [-0.05, 0) is 68.2 Å². The van der Waals surface area contributed by atoms with Gasteiger partial charge in [-0.1, -0.05) is 38.3 Å². The number of nitrogens with zero attached hydrogens (tertiary/aromatic N) is 1. The van der Waals surface area contributed by atoms with E-state index in [0.29, 0.717) is 23.2 Å². The summed E-state index contributed by atoms with van der Waals surface area (Å²) in [5.74, 6) is 0.863. The van der Waals surface area contributed by atoms with Crippen molar-refractivity contribution in [1.82, 2.24) is 4.98 Å². The number of H-pyrrole nitrogens is 1. The monoisotopic (exact) mass is 422 g/mol. The van der Waals surface area contributed by atoms with Crippen LogP contribution in [-0.2, 0) is 5.60 Å². The second kappa shape index (κ2) is 9.27. The number of nitrogens with two attached hydrogens (primary N) is 1. The Kier molecular flexibility index (Phi) is 6.46. The minimum absolute atomic E-state index is 0.193. The van der Waals surface area contributed by atoms with E-state index in [9.17, 15) is 9.90 Å². The molecule has 31 heavy (non-hydrogen) atoms. The highest BCUT2D eigenvalue weighted by Crippen LogP contribution is 2.39. The van der Waals surface area contributed by atoms with Crippen molar-refractivity contribution >= 4 is 17.2 Å². The highest BCUT2D eigenvalue weighted by atomic mass is 16.3. The maximum absolute atomic E-state index is 12.6. The average molecular weight is 423 g/mol. The molecule has 2 aliphatic carbocycles. The van der Waals surface area contributed by atoms with Crippen molar-refractivity contribution in [2.75, 3.05) is 5.32 Å². The van der Waals surface area contributed by atoms with Gasteiger partial charge in [-0.15, -0.1) is 0 Å². The molecule has 5 N–H and O–H groups in total. The van der Waals surface area contributed by atoms with Crippen LogP contribution in [0.25, 0.3) is 0 Å². The van der Waals surface area contributed by atoms with Crippen molar-refractivity contribution in [2.24, 2.45) is 16.6 Å². The number of aromatic amines is 1. The predicted molar refractivity (Wildman–Crippen MR) is 126 cm³/mol. The molecule has 4 rings (SSSR count). The summed E-state index contributed by atoms with van der Waals surface area (Å²) in [5.41, 5.74) is 8.01. The van der Waals surface area contributed by atoms with E-state index in [1.807, 2.05) is 30.3 Å². The Morgan fingerprint density at radius 1 is 1.10 bits per heavy atom. The number of hydrogen-bond acceptors (Lipinski definition) is 4. The number of nitrogens with one attached hydrogen (secondary N) is 2. The number of aliphatic hydroxyl groups is 1. The van der Waals surface area contributed by atoms with E-state index in [0.717, 1.165) is 49.8 Å². The van der Waals surface area contributed by atoms with Gasteiger partial charge in [-0.25, -0.2) is 4.99 Å². The summed E-state index contributed by atoms with van der Waals surface area (Å²) in [6, 6.07) is 9.81. The Morgan fingerprint density at radius 2 is 1.77 bits per heavy atom. The van der Waals surface area contributed by atoms with Crippen LogP contribution in [0.1, 0.15) is 75.8 Å². The first-order valence-corrected chi connectivity index (χ1v) is 11.6. The first-order chi connectivity index (χ1) is 14.9. The van der Waals surface area contributed by atoms with E-state index >= 15 is 0 Å². The van der Waals surface area contributed by atoms with E-state index in [1.165, 1.54) is 19.3 Å². The number of rotatable bonds is 5. The molecular weight excluding hydrogens is 388 g/mol. The van der Waals surface area contributed by atoms with E-state index in [2.05, 4.69) is 22.2 Å². The number of pyridine rings is 1. The van der Waals surface area contributed by atoms with E-state index in [4.69, 9.17) is 5.73 Å². The van der Waals surface area contributed by atoms with Gasteiger partial charge in [0.15, 0.2) is 0 Å². The number of aliphatic imine (C=N–C) groups is 1. The van der Waals surface area contributed by atoms with Crippen LogP contribution in [0, 0.1) is 5.92 Å². The number of benzene rings is 1. The molecule has 0 amide bonds. The second-order valence-electron chi connectivity index (χ2n) is 9.33. The summed E-state index contributed by atoms with van der Waals surface area (Å²) < 4.78 is 0. The Morgan fingerprint density at radius 3 is 2.45 bits per heavy atom. The molecule has 0 atom stereocenters. The second-order valence-corrected chi connectivity index (χ2v) is 9.33. The molecular formula is C25H34N4O2. The fourth-order valence-electron chi connectivity index (χ4n) is 4.89. The van der Waals surface area contributed by atoms with Gasteiger partial charge in [0.2, 0.25) is 0 Å². The van der Waals surface area contributed by atoms with Crippen LogP contribution in [0.15, 0.2) is 46.3 Å². The Bertz CT molecular complexity index is 966. The minimum Gasteiger partial charge on any atom is -0.385 e. The van der Waals surface area contributed by atoms with Crippen LogP contribution in [0.3, 0.4) is 0 Å². The van der Waals surface area contributed by atoms with E-state index in [1.54, 1.807) is 6.20 Å². The highest BCUT2D eigenvalue weighted by molar-refractivity contribution is 6.03. The van der Waals surface area contributed by atoms with Gasteiger partial charge in [0.25, 0.3) is 5.56 Å². The van der Waals surface area contributed by atoms with Crippen LogP contribution in [0.4, 0.5) is 11.4 Å². The average Bonchev–Trinajstić information content (AvgIpc) is 2.77. The maximum atomic E-state index is 12.6.